The number of carbonyl (C=O) groups excluding carboxylic acids is 3. The fourth-order valence-corrected chi connectivity index (χ4v) is 1.85. The van der Waals surface area contributed by atoms with Crippen LogP contribution < -0.4 is 15.4 Å². The first kappa shape index (κ1) is 21.6. The van der Waals surface area contributed by atoms with Gasteiger partial charge in [-0.05, 0) is 37.6 Å². The van der Waals surface area contributed by atoms with E-state index >= 15 is 0 Å². The molecule has 1 rings (SSSR count). The maximum absolute atomic E-state index is 11.9. The van der Waals surface area contributed by atoms with Gasteiger partial charge in [0.25, 0.3) is 5.91 Å². The second kappa shape index (κ2) is 9.27. The Morgan fingerprint density at radius 2 is 1.92 bits per heavy atom. The Kier molecular flexibility index (Phi) is 7.69. The van der Waals surface area contributed by atoms with Crippen LogP contribution in [0.1, 0.15) is 12.5 Å². The first-order valence-corrected chi connectivity index (χ1v) is 7.59. The van der Waals surface area contributed by atoms with Gasteiger partial charge in [0.15, 0.2) is 12.7 Å². The third-order valence-electron chi connectivity index (χ3n) is 2.82. The molecule has 0 aliphatic carbocycles. The summed E-state index contributed by atoms with van der Waals surface area (Å²) in [5.74, 6) is -1.60. The summed E-state index contributed by atoms with van der Waals surface area (Å²) in [7, 11) is 0. The third-order valence-corrected chi connectivity index (χ3v) is 3.06. The minimum absolute atomic E-state index is 0.384. The summed E-state index contributed by atoms with van der Waals surface area (Å²) in [6, 6.07) is 3.39. The number of urea groups is 1. The number of rotatable bonds is 6. The second-order valence-electron chi connectivity index (χ2n) is 5.12. The van der Waals surface area contributed by atoms with Crippen LogP contribution in [-0.2, 0) is 14.3 Å². The van der Waals surface area contributed by atoms with Gasteiger partial charge in [-0.2, -0.15) is 13.2 Å². The van der Waals surface area contributed by atoms with E-state index in [0.717, 1.165) is 0 Å². The van der Waals surface area contributed by atoms with Gasteiger partial charge >= 0.3 is 18.2 Å². The van der Waals surface area contributed by atoms with Crippen LogP contribution in [0.5, 0.6) is 5.75 Å². The maximum atomic E-state index is 11.9. The molecule has 0 aromatic heterocycles. The average molecular weight is 397 g/mol. The van der Waals surface area contributed by atoms with Gasteiger partial charge < -0.3 is 14.8 Å². The van der Waals surface area contributed by atoms with E-state index in [1.165, 1.54) is 12.2 Å². The van der Waals surface area contributed by atoms with Crippen LogP contribution in [0.2, 0.25) is 5.02 Å². The van der Waals surface area contributed by atoms with Gasteiger partial charge in [-0.1, -0.05) is 11.6 Å². The number of esters is 1. The smallest absolute Gasteiger partial charge is 0.405 e. The number of aryl methyl sites for hydroxylation is 1. The molecule has 0 heterocycles. The van der Waals surface area contributed by atoms with Crippen molar-refractivity contribution in [2.24, 2.45) is 0 Å². The molecule has 1 aromatic carbocycles. The molecular weight excluding hydrogens is 381 g/mol. The van der Waals surface area contributed by atoms with Crippen molar-refractivity contribution in [3.8, 4) is 5.75 Å². The summed E-state index contributed by atoms with van der Waals surface area (Å²) in [6.45, 7) is 0.638. The number of amides is 3. The summed E-state index contributed by atoms with van der Waals surface area (Å²) in [5.41, 5.74) is 0.677. The van der Waals surface area contributed by atoms with Crippen LogP contribution in [0, 0.1) is 6.92 Å². The third kappa shape index (κ3) is 8.06. The molecule has 0 bridgehead atoms. The first-order valence-electron chi connectivity index (χ1n) is 7.22. The number of benzene rings is 1. The number of nitrogens with one attached hydrogen (secondary N) is 2. The van der Waals surface area contributed by atoms with Crippen molar-refractivity contribution in [2.45, 2.75) is 26.1 Å². The van der Waals surface area contributed by atoms with Crippen molar-refractivity contribution in [1.29, 1.82) is 0 Å². The van der Waals surface area contributed by atoms with Gasteiger partial charge in [0, 0.05) is 5.02 Å². The summed E-state index contributed by atoms with van der Waals surface area (Å²) in [5, 5.41) is 3.52. The maximum Gasteiger partial charge on any atom is 0.405 e. The van der Waals surface area contributed by atoms with E-state index in [9.17, 15) is 27.6 Å². The Bertz CT molecular complexity index is 682. The lowest BCUT2D eigenvalue weighted by Crippen LogP contribution is -2.45. The van der Waals surface area contributed by atoms with Gasteiger partial charge in [0.1, 0.15) is 12.3 Å². The lowest BCUT2D eigenvalue weighted by atomic mass is 10.2. The van der Waals surface area contributed by atoms with E-state index in [1.807, 2.05) is 0 Å². The summed E-state index contributed by atoms with van der Waals surface area (Å²) < 4.78 is 45.7. The fourth-order valence-electron chi connectivity index (χ4n) is 1.63. The molecule has 0 spiro atoms. The van der Waals surface area contributed by atoms with Gasteiger partial charge in [-0.15, -0.1) is 0 Å². The van der Waals surface area contributed by atoms with Crippen LogP contribution >= 0.6 is 11.6 Å². The Hall–Kier alpha value is -2.49. The molecule has 0 aliphatic rings. The molecule has 0 fully saturated rings. The van der Waals surface area contributed by atoms with E-state index in [2.05, 4.69) is 4.74 Å². The topological polar surface area (TPSA) is 93.7 Å². The van der Waals surface area contributed by atoms with Crippen molar-refractivity contribution < 1.29 is 37.0 Å². The van der Waals surface area contributed by atoms with E-state index in [-0.39, 0.29) is 0 Å². The van der Waals surface area contributed by atoms with E-state index in [4.69, 9.17) is 16.3 Å². The summed E-state index contributed by atoms with van der Waals surface area (Å²) in [4.78, 5) is 34.2. The molecule has 26 heavy (non-hydrogen) atoms. The highest BCUT2D eigenvalue weighted by molar-refractivity contribution is 6.30. The first-order chi connectivity index (χ1) is 12.0. The van der Waals surface area contributed by atoms with Crippen molar-refractivity contribution >= 4 is 29.5 Å². The van der Waals surface area contributed by atoms with Gasteiger partial charge in [-0.25, -0.2) is 9.59 Å². The molecule has 7 nitrogen and oxygen atoms in total. The average Bonchev–Trinajstić information content (AvgIpc) is 2.52. The fraction of sp³-hybridized carbons (Fsp3) is 0.400. The zero-order valence-corrected chi connectivity index (χ0v) is 14.5. The van der Waals surface area contributed by atoms with Gasteiger partial charge in [0.05, 0.1) is 0 Å². The summed E-state index contributed by atoms with van der Waals surface area (Å²) >= 11 is 5.80. The highest BCUT2D eigenvalue weighted by Gasteiger charge is 2.28. The van der Waals surface area contributed by atoms with E-state index in [0.29, 0.717) is 16.3 Å². The molecule has 1 unspecified atom stereocenters. The second-order valence-corrected chi connectivity index (χ2v) is 5.56. The van der Waals surface area contributed by atoms with Crippen LogP contribution in [0.25, 0.3) is 0 Å². The Morgan fingerprint density at radius 3 is 2.50 bits per heavy atom. The van der Waals surface area contributed by atoms with Crippen LogP contribution in [0.15, 0.2) is 18.2 Å². The SMILES string of the molecule is Cc1cc(Cl)ccc1OC(C)C(=O)OCC(=O)NC(=O)NCC(F)(F)F. The molecule has 0 saturated heterocycles. The predicted octanol–water partition coefficient (Wildman–Crippen LogP) is 2.35. The zero-order chi connectivity index (χ0) is 19.9. The number of ether oxygens (including phenoxy) is 2. The minimum Gasteiger partial charge on any atom is -0.479 e. The number of hydrogen-bond acceptors (Lipinski definition) is 5. The minimum atomic E-state index is -4.61. The van der Waals surface area contributed by atoms with Crippen molar-refractivity contribution in [3.63, 3.8) is 0 Å². The molecule has 1 atom stereocenters. The number of alkyl halides is 3. The number of hydrogen-bond donors (Lipinski definition) is 2. The molecule has 3 amide bonds. The Morgan fingerprint density at radius 1 is 1.27 bits per heavy atom. The van der Waals surface area contributed by atoms with E-state index < -0.39 is 43.3 Å². The summed E-state index contributed by atoms with van der Waals surface area (Å²) in [6.07, 6.45) is -5.68. The molecule has 0 saturated carbocycles. The zero-order valence-electron chi connectivity index (χ0n) is 13.8. The highest BCUT2D eigenvalue weighted by atomic mass is 35.5. The Labute approximate surface area is 151 Å². The molecule has 0 aliphatic heterocycles. The standard InChI is InChI=1S/C15H16ClF3N2O5/c1-8-5-10(16)3-4-11(8)26-9(2)13(23)25-6-12(22)21-14(24)20-7-15(17,18)19/h3-5,9H,6-7H2,1-2H3,(H2,20,21,22,24). The molecule has 11 heteroatoms. The molecule has 2 N–H and O–H groups in total. The normalized spacial score (nSPS) is 12.1. The quantitative estimate of drug-likeness (QED) is 0.720. The number of imide groups is 1. The van der Waals surface area contributed by atoms with Crippen LogP contribution in [-0.4, -0.2) is 43.3 Å². The number of carbonyl (C=O) groups is 3. The highest BCUT2D eigenvalue weighted by Crippen LogP contribution is 2.23. The molecule has 0 radical (unpaired) electrons. The monoisotopic (exact) mass is 396 g/mol. The van der Waals surface area contributed by atoms with Crippen molar-refractivity contribution in [1.82, 2.24) is 10.6 Å². The number of halogens is 4. The van der Waals surface area contributed by atoms with Crippen LogP contribution in [0.3, 0.4) is 0 Å². The van der Waals surface area contributed by atoms with Gasteiger partial charge in [0.2, 0.25) is 0 Å². The van der Waals surface area contributed by atoms with Crippen molar-refractivity contribution in [3.05, 3.63) is 28.8 Å². The lowest BCUT2D eigenvalue weighted by molar-refractivity contribution is -0.154. The predicted molar refractivity (Wildman–Crippen MR) is 84.8 cm³/mol. The van der Waals surface area contributed by atoms with Crippen molar-refractivity contribution in [2.75, 3.05) is 13.2 Å². The molecule has 144 valence electrons. The van der Waals surface area contributed by atoms with Crippen LogP contribution in [0.4, 0.5) is 18.0 Å². The molecule has 1 aromatic rings. The van der Waals surface area contributed by atoms with E-state index in [1.54, 1.807) is 30.4 Å². The van der Waals surface area contributed by atoms with Gasteiger partial charge in [-0.3, -0.25) is 10.1 Å². The largest absolute Gasteiger partial charge is 0.479 e. The Balaban J connectivity index is 2.40. The lowest BCUT2D eigenvalue weighted by Gasteiger charge is -2.15. The molecular formula is C15H16ClF3N2O5.